The molecule has 3 aromatic rings. The molecule has 0 saturated carbocycles. The summed E-state index contributed by atoms with van der Waals surface area (Å²) in [7, 11) is 0. The molecule has 0 aliphatic carbocycles. The molecule has 1 aliphatic heterocycles. The second-order valence-corrected chi connectivity index (χ2v) is 7.12. The minimum absolute atomic E-state index is 0.131. The third-order valence-electron chi connectivity index (χ3n) is 4.47. The van der Waals surface area contributed by atoms with Gasteiger partial charge in [0.2, 0.25) is 5.91 Å². The van der Waals surface area contributed by atoms with Gasteiger partial charge in [0, 0.05) is 18.1 Å². The lowest BCUT2D eigenvalue weighted by atomic mass is 9.84. The van der Waals surface area contributed by atoms with E-state index in [0.717, 1.165) is 16.3 Å². The summed E-state index contributed by atoms with van der Waals surface area (Å²) in [6.45, 7) is 3.67. The van der Waals surface area contributed by atoms with Crippen LogP contribution in [0.4, 0.5) is 5.82 Å². The number of thioether (sulfide) groups is 1. The Labute approximate surface area is 154 Å². The molecular formula is C20H17N3O2S. The Morgan fingerprint density at radius 3 is 2.85 bits per heavy atom. The van der Waals surface area contributed by atoms with Crippen LogP contribution < -0.4 is 10.9 Å². The van der Waals surface area contributed by atoms with Crippen molar-refractivity contribution in [3.05, 3.63) is 76.6 Å². The lowest BCUT2D eigenvalue weighted by Gasteiger charge is -2.25. The van der Waals surface area contributed by atoms with Crippen LogP contribution in [0.25, 0.3) is 10.8 Å². The number of hydrogen-bond donors (Lipinski definition) is 2. The van der Waals surface area contributed by atoms with Crippen molar-refractivity contribution in [3.63, 3.8) is 0 Å². The molecule has 130 valence electrons. The van der Waals surface area contributed by atoms with Gasteiger partial charge in [0.1, 0.15) is 5.82 Å². The molecule has 6 heteroatoms. The molecular weight excluding hydrogens is 346 g/mol. The van der Waals surface area contributed by atoms with Crippen molar-refractivity contribution in [2.24, 2.45) is 0 Å². The van der Waals surface area contributed by atoms with Crippen LogP contribution in [0.2, 0.25) is 0 Å². The fourth-order valence-electron chi connectivity index (χ4n) is 3.38. The number of rotatable bonds is 4. The van der Waals surface area contributed by atoms with Crippen LogP contribution in [0.5, 0.6) is 0 Å². The molecule has 4 rings (SSSR count). The quantitative estimate of drug-likeness (QED) is 0.421. The molecule has 1 amide bonds. The van der Waals surface area contributed by atoms with E-state index in [1.165, 1.54) is 11.8 Å². The van der Waals surface area contributed by atoms with Crippen LogP contribution in [0.15, 0.2) is 65.1 Å². The first-order chi connectivity index (χ1) is 12.7. The second kappa shape index (κ2) is 6.80. The molecule has 5 nitrogen and oxygen atoms in total. The predicted octanol–water partition coefficient (Wildman–Crippen LogP) is 3.68. The van der Waals surface area contributed by atoms with Crippen LogP contribution in [-0.4, -0.2) is 21.6 Å². The highest BCUT2D eigenvalue weighted by atomic mass is 32.2. The van der Waals surface area contributed by atoms with Gasteiger partial charge in [0.15, 0.2) is 5.16 Å². The summed E-state index contributed by atoms with van der Waals surface area (Å²) in [6, 6.07) is 14.0. The molecule has 0 radical (unpaired) electrons. The highest BCUT2D eigenvalue weighted by Gasteiger charge is 2.31. The topological polar surface area (TPSA) is 74.8 Å². The fourth-order valence-corrected chi connectivity index (χ4v) is 3.97. The molecule has 2 heterocycles. The number of carbonyl (C=O) groups is 1. The SMILES string of the molecule is C=CCSc1nc2c(c(=O)[nH]1)[C@H](c1cccc3ccccc13)CC(=O)N2. The van der Waals surface area contributed by atoms with Crippen molar-refractivity contribution >= 4 is 34.3 Å². The van der Waals surface area contributed by atoms with Crippen LogP contribution >= 0.6 is 11.8 Å². The van der Waals surface area contributed by atoms with E-state index in [1.54, 1.807) is 6.08 Å². The van der Waals surface area contributed by atoms with Crippen molar-refractivity contribution in [2.75, 3.05) is 11.1 Å². The number of benzene rings is 2. The second-order valence-electron chi connectivity index (χ2n) is 6.11. The van der Waals surface area contributed by atoms with Crippen molar-refractivity contribution in [1.82, 2.24) is 9.97 Å². The molecule has 0 saturated heterocycles. The van der Waals surface area contributed by atoms with E-state index in [-0.39, 0.29) is 23.8 Å². The Morgan fingerprint density at radius 2 is 2.00 bits per heavy atom. The normalized spacial score (nSPS) is 16.2. The third kappa shape index (κ3) is 2.93. The molecule has 0 bridgehead atoms. The summed E-state index contributed by atoms with van der Waals surface area (Å²) < 4.78 is 0. The summed E-state index contributed by atoms with van der Waals surface area (Å²) in [5.74, 6) is 0.532. The molecule has 0 fully saturated rings. The van der Waals surface area contributed by atoms with Crippen molar-refractivity contribution in [2.45, 2.75) is 17.5 Å². The highest BCUT2D eigenvalue weighted by Crippen LogP contribution is 2.37. The smallest absolute Gasteiger partial charge is 0.257 e. The molecule has 0 spiro atoms. The lowest BCUT2D eigenvalue weighted by Crippen LogP contribution is -2.31. The van der Waals surface area contributed by atoms with Crippen molar-refractivity contribution < 1.29 is 4.79 Å². The van der Waals surface area contributed by atoms with Crippen LogP contribution in [-0.2, 0) is 4.79 Å². The molecule has 0 unspecified atom stereocenters. The van der Waals surface area contributed by atoms with E-state index in [0.29, 0.717) is 22.3 Å². The number of amides is 1. The number of carbonyl (C=O) groups excluding carboxylic acids is 1. The Kier molecular flexibility index (Phi) is 4.34. The van der Waals surface area contributed by atoms with Crippen LogP contribution in [0, 0.1) is 0 Å². The van der Waals surface area contributed by atoms with Gasteiger partial charge in [-0.05, 0) is 16.3 Å². The van der Waals surface area contributed by atoms with Gasteiger partial charge >= 0.3 is 0 Å². The molecule has 2 aromatic carbocycles. The van der Waals surface area contributed by atoms with E-state index < -0.39 is 0 Å². The van der Waals surface area contributed by atoms with Gasteiger partial charge in [-0.3, -0.25) is 9.59 Å². The lowest BCUT2D eigenvalue weighted by molar-refractivity contribution is -0.116. The van der Waals surface area contributed by atoms with E-state index in [9.17, 15) is 9.59 Å². The minimum atomic E-state index is -0.320. The molecule has 1 atom stereocenters. The number of anilines is 1. The first-order valence-electron chi connectivity index (χ1n) is 8.33. The number of H-pyrrole nitrogens is 1. The van der Waals surface area contributed by atoms with Crippen LogP contribution in [0.3, 0.4) is 0 Å². The van der Waals surface area contributed by atoms with Gasteiger partial charge in [-0.25, -0.2) is 4.98 Å². The minimum Gasteiger partial charge on any atom is -0.310 e. The summed E-state index contributed by atoms with van der Waals surface area (Å²) in [5, 5.41) is 5.37. The van der Waals surface area contributed by atoms with E-state index in [4.69, 9.17) is 0 Å². The van der Waals surface area contributed by atoms with Crippen molar-refractivity contribution in [3.8, 4) is 0 Å². The number of aromatic nitrogens is 2. The van der Waals surface area contributed by atoms with E-state index in [2.05, 4.69) is 21.9 Å². The maximum atomic E-state index is 12.8. The summed E-state index contributed by atoms with van der Waals surface area (Å²) >= 11 is 1.37. The summed E-state index contributed by atoms with van der Waals surface area (Å²) in [4.78, 5) is 32.4. The van der Waals surface area contributed by atoms with Crippen LogP contribution in [0.1, 0.15) is 23.5 Å². The number of nitrogens with zero attached hydrogens (tertiary/aromatic N) is 1. The first kappa shape index (κ1) is 16.6. The zero-order valence-electron chi connectivity index (χ0n) is 14.0. The molecule has 2 N–H and O–H groups in total. The summed E-state index contributed by atoms with van der Waals surface area (Å²) in [5.41, 5.74) is 1.28. The predicted molar refractivity (Wildman–Crippen MR) is 105 cm³/mol. The Morgan fingerprint density at radius 1 is 1.19 bits per heavy atom. The number of fused-ring (bicyclic) bond motifs is 2. The van der Waals surface area contributed by atoms with Gasteiger partial charge in [-0.2, -0.15) is 0 Å². The van der Waals surface area contributed by atoms with Gasteiger partial charge in [-0.15, -0.1) is 6.58 Å². The monoisotopic (exact) mass is 363 g/mol. The standard InChI is InChI=1S/C20H17N3O2S/c1-2-10-26-20-22-18-17(19(25)23-20)15(11-16(24)21-18)14-9-5-7-12-6-3-4-8-13(12)14/h2-9,15H,1,10-11H2,(H2,21,22,23,24,25)/t15-/m0/s1. The maximum absolute atomic E-state index is 12.8. The number of hydrogen-bond acceptors (Lipinski definition) is 4. The first-order valence-corrected chi connectivity index (χ1v) is 9.31. The highest BCUT2D eigenvalue weighted by molar-refractivity contribution is 7.99. The maximum Gasteiger partial charge on any atom is 0.257 e. The van der Waals surface area contributed by atoms with Crippen molar-refractivity contribution in [1.29, 1.82) is 0 Å². The Balaban J connectivity index is 1.88. The number of aromatic amines is 1. The number of nitrogens with one attached hydrogen (secondary N) is 2. The third-order valence-corrected chi connectivity index (χ3v) is 5.34. The summed E-state index contributed by atoms with van der Waals surface area (Å²) in [6.07, 6.45) is 1.96. The largest absolute Gasteiger partial charge is 0.310 e. The fraction of sp³-hybridized carbons (Fsp3) is 0.150. The van der Waals surface area contributed by atoms with Gasteiger partial charge in [0.05, 0.1) is 5.56 Å². The zero-order chi connectivity index (χ0) is 18.1. The molecule has 26 heavy (non-hydrogen) atoms. The average molecular weight is 363 g/mol. The zero-order valence-corrected chi connectivity index (χ0v) is 14.8. The Hall–Kier alpha value is -2.86. The van der Waals surface area contributed by atoms with E-state index in [1.807, 2.05) is 42.5 Å². The molecule has 1 aromatic heterocycles. The van der Waals surface area contributed by atoms with E-state index >= 15 is 0 Å². The van der Waals surface area contributed by atoms with Gasteiger partial charge in [0.25, 0.3) is 5.56 Å². The van der Waals surface area contributed by atoms with Gasteiger partial charge in [-0.1, -0.05) is 60.3 Å². The van der Waals surface area contributed by atoms with Gasteiger partial charge < -0.3 is 10.3 Å². The Bertz CT molecular complexity index is 1070. The molecule has 1 aliphatic rings. The average Bonchev–Trinajstić information content (AvgIpc) is 2.65.